The number of hydrogen-bond donors (Lipinski definition) is 5. The van der Waals surface area contributed by atoms with E-state index in [9.17, 15) is 28.8 Å². The lowest BCUT2D eigenvalue weighted by molar-refractivity contribution is 0.0516. The van der Waals surface area contributed by atoms with E-state index in [1.807, 2.05) is 144 Å². The molecule has 3 amide bonds. The number of hydrogen-bond acceptors (Lipinski definition) is 21. The second-order valence-electron chi connectivity index (χ2n) is 28.7. The molecule has 0 fully saturated rings. The van der Waals surface area contributed by atoms with Crippen LogP contribution in [0.1, 0.15) is 134 Å². The summed E-state index contributed by atoms with van der Waals surface area (Å²) in [6, 6.07) is 58.1. The van der Waals surface area contributed by atoms with Crippen molar-refractivity contribution in [3.8, 4) is 20.9 Å². The van der Waals surface area contributed by atoms with Gasteiger partial charge in [0.15, 0.2) is 0 Å². The minimum Gasteiger partial charge on any atom is -0.478 e. The van der Waals surface area contributed by atoms with E-state index in [0.29, 0.717) is 64.8 Å². The minimum atomic E-state index is -0.950. The Kier molecular flexibility index (Phi) is 34.4. The van der Waals surface area contributed by atoms with Crippen molar-refractivity contribution in [2.75, 3.05) is 89.8 Å². The van der Waals surface area contributed by atoms with Gasteiger partial charge in [-0.3, -0.25) is 39.8 Å². The van der Waals surface area contributed by atoms with Crippen LogP contribution >= 0.6 is 38.6 Å². The van der Waals surface area contributed by atoms with Crippen LogP contribution in [0.3, 0.4) is 0 Å². The lowest BCUT2D eigenvalue weighted by Crippen LogP contribution is -2.27. The first-order chi connectivity index (χ1) is 58.5. The van der Waals surface area contributed by atoms with Gasteiger partial charge < -0.3 is 54.6 Å². The number of amides is 3. The average molecular weight is 1730 g/mol. The first kappa shape index (κ1) is 91.0. The molecule has 0 bridgehead atoms. The number of nitrogens with one attached hydrogen (secondary N) is 3. The van der Waals surface area contributed by atoms with Gasteiger partial charge in [0.2, 0.25) is 0 Å². The van der Waals surface area contributed by atoms with E-state index in [0.717, 1.165) is 151 Å². The van der Waals surface area contributed by atoms with Crippen molar-refractivity contribution in [2.24, 2.45) is 0 Å². The van der Waals surface area contributed by atoms with Crippen molar-refractivity contribution < 1.29 is 67.0 Å². The van der Waals surface area contributed by atoms with Crippen LogP contribution in [-0.2, 0) is 58.8 Å². The second-order valence-corrected chi connectivity index (χ2v) is 31.6. The summed E-state index contributed by atoms with van der Waals surface area (Å²) in [6.07, 6.45) is 14.7. The molecule has 7 aromatic carbocycles. The summed E-state index contributed by atoms with van der Waals surface area (Å²) < 4.78 is 36.6. The van der Waals surface area contributed by atoms with Crippen LogP contribution in [0, 0.1) is 0 Å². The number of carbonyl (C=O) groups is 6. The zero-order valence-electron chi connectivity index (χ0n) is 69.0. The molecule has 14 aromatic rings. The van der Waals surface area contributed by atoms with Crippen LogP contribution in [0.15, 0.2) is 228 Å². The van der Waals surface area contributed by atoms with Gasteiger partial charge >= 0.3 is 24.0 Å². The SMILES string of the molecule is CCOC(=O)c1cnc2cc(Br)ccc2c1.CCOC(=O)c1cnc2cc(CCCOC)ccc2c1.COCCCc1ccc2cc(C(=O)Nc3cc(-c4cccs4)ccc3N)cnc2c1.COCCCc1ccc2cc(C(=O)Nc3cc(-c4cccs4)ccc3NC(=O)OC(C)(C)C)cnc2c1.COCCCc1ccc2cc(C(=O)O)cnc2c1. The summed E-state index contributed by atoms with van der Waals surface area (Å²) in [5.41, 5.74) is 20.6. The van der Waals surface area contributed by atoms with Crippen molar-refractivity contribution in [3.63, 3.8) is 0 Å². The monoisotopic (exact) mass is 1730 g/mol. The normalized spacial score (nSPS) is 10.9. The van der Waals surface area contributed by atoms with E-state index in [1.54, 1.807) is 123 Å². The third-order valence-corrected chi connectivity index (χ3v) is 20.8. The summed E-state index contributed by atoms with van der Waals surface area (Å²) in [7, 11) is 6.80. The highest BCUT2D eigenvalue weighted by Gasteiger charge is 2.21. The van der Waals surface area contributed by atoms with Gasteiger partial charge in [-0.05, 0) is 233 Å². The van der Waals surface area contributed by atoms with Gasteiger partial charge in [-0.15, -0.1) is 22.7 Å². The van der Waals surface area contributed by atoms with Gasteiger partial charge in [-0.25, -0.2) is 19.2 Å². The summed E-state index contributed by atoms with van der Waals surface area (Å²) in [5.74, 6) is -2.17. The molecule has 0 spiro atoms. The predicted molar refractivity (Wildman–Crippen MR) is 486 cm³/mol. The number of carbonyl (C=O) groups excluding carboxylic acids is 5. The molecule has 121 heavy (non-hydrogen) atoms. The maximum atomic E-state index is 13.3. The fraction of sp³-hybridized carbons (Fsp3) is 0.253. The molecular weight excluding hydrogens is 1640 g/mol. The minimum absolute atomic E-state index is 0.217. The fourth-order valence-electron chi connectivity index (χ4n) is 12.5. The molecule has 0 radical (unpaired) electrons. The Morgan fingerprint density at radius 3 is 1.15 bits per heavy atom. The molecule has 0 unspecified atom stereocenters. The van der Waals surface area contributed by atoms with E-state index < -0.39 is 17.7 Å². The third-order valence-electron chi connectivity index (χ3n) is 18.5. The number of halogens is 1. The van der Waals surface area contributed by atoms with Crippen LogP contribution < -0.4 is 21.7 Å². The van der Waals surface area contributed by atoms with Gasteiger partial charge in [0, 0.05) is 127 Å². The Balaban J connectivity index is 0.000000165. The van der Waals surface area contributed by atoms with E-state index in [-0.39, 0.29) is 29.3 Å². The number of aromatic nitrogens is 5. The topological polar surface area (TPSA) is 314 Å². The molecule has 6 N–H and O–H groups in total. The Hall–Kier alpha value is -12.3. The fourth-order valence-corrected chi connectivity index (χ4v) is 14.3. The van der Waals surface area contributed by atoms with Gasteiger partial charge in [-0.1, -0.05) is 94.8 Å². The standard InChI is InChI=1S/C29H31N3O4S.C24H23N3O2S.C16H19NO3.C14H15NO3.C12H10BrNO2/c1-29(2,3)36-28(34)32-23-12-11-21(26-8-6-14-37-26)17-25(23)31-27(33)22-16-20-10-9-19(7-5-13-35-4)15-24(20)30-18-22;1-29-10-2-4-16-6-7-17-13-19(15-26-21(17)12-16)24(28)27-22-14-18(8-9-20(22)25)23-5-3-11-30-23;1-3-20-16(18)14-10-13-7-6-12(5-4-8-19-2)9-15(13)17-11-14;1-18-6-2-3-10-4-5-11-8-12(14(16)17)9-15-13(11)7-10;1-2-16-12(15)9-5-8-3-4-10(13)6-11(8)14-7-9/h6,8-12,14-18H,5,7,13H2,1-4H3,(H,31,33)(H,32,34);3,5-9,11-15H,2,4,10,25H2,1H3,(H,27,28);6-7,9-11H,3-5,8H2,1-2H3;4-5,7-9H,2-3,6H2,1H3,(H,16,17);3-7H,2H2,1H3. The van der Waals surface area contributed by atoms with E-state index in [1.165, 1.54) is 34.6 Å². The molecule has 23 nitrogen and oxygen atoms in total. The largest absolute Gasteiger partial charge is 0.478 e. The molecule has 7 aromatic heterocycles. The zero-order chi connectivity index (χ0) is 86.2. The number of aromatic carboxylic acids is 1. The number of pyridine rings is 5. The first-order valence-corrected chi connectivity index (χ1v) is 41.9. The predicted octanol–water partition coefficient (Wildman–Crippen LogP) is 21.2. The molecule has 0 atom stereocenters. The summed E-state index contributed by atoms with van der Waals surface area (Å²) in [6.45, 7) is 12.6. The van der Waals surface area contributed by atoms with Crippen LogP contribution in [-0.4, -0.2) is 140 Å². The maximum absolute atomic E-state index is 13.3. The maximum Gasteiger partial charge on any atom is 0.412 e. The lowest BCUT2D eigenvalue weighted by atomic mass is 10.1. The third kappa shape index (κ3) is 27.6. The molecule has 0 saturated heterocycles. The van der Waals surface area contributed by atoms with Crippen LogP contribution in [0.2, 0.25) is 0 Å². The van der Waals surface area contributed by atoms with E-state index in [2.05, 4.69) is 87.1 Å². The van der Waals surface area contributed by atoms with Crippen molar-refractivity contribution in [1.29, 1.82) is 0 Å². The number of carboxylic acids is 1. The highest BCUT2D eigenvalue weighted by atomic mass is 79.9. The Morgan fingerprint density at radius 1 is 0.413 bits per heavy atom. The van der Waals surface area contributed by atoms with Gasteiger partial charge in [0.05, 0.1) is 91.4 Å². The quantitative estimate of drug-likeness (QED) is 0.0132. The Bertz CT molecular complexity index is 5870. The number of esters is 2. The van der Waals surface area contributed by atoms with Crippen molar-refractivity contribution in [1.82, 2.24) is 24.9 Å². The number of carboxylic acid groups (broad SMARTS) is 1. The number of anilines is 4. The van der Waals surface area contributed by atoms with Gasteiger partial charge in [0.1, 0.15) is 5.60 Å². The molecule has 0 saturated carbocycles. The molecular formula is C95H98BrN9O14S2. The number of fused-ring (bicyclic) bond motifs is 5. The van der Waals surface area contributed by atoms with Gasteiger partial charge in [-0.2, -0.15) is 0 Å². The number of aryl methyl sites for hydroxylation is 4. The van der Waals surface area contributed by atoms with Crippen molar-refractivity contribution in [3.05, 3.63) is 278 Å². The van der Waals surface area contributed by atoms with Crippen molar-refractivity contribution in [2.45, 2.75) is 91.6 Å². The summed E-state index contributed by atoms with van der Waals surface area (Å²) >= 11 is 6.61. The second kappa shape index (κ2) is 45.8. The summed E-state index contributed by atoms with van der Waals surface area (Å²) in [5, 5.41) is 26.1. The van der Waals surface area contributed by atoms with E-state index >= 15 is 0 Å². The summed E-state index contributed by atoms with van der Waals surface area (Å²) in [4.78, 5) is 96.4. The molecule has 26 heteroatoms. The number of ether oxygens (including phenoxy) is 7. The first-order valence-electron chi connectivity index (χ1n) is 39.4. The molecule has 0 aliphatic heterocycles. The Morgan fingerprint density at radius 2 is 0.769 bits per heavy atom. The zero-order valence-corrected chi connectivity index (χ0v) is 72.2. The number of nitrogens with two attached hydrogens (primary N) is 1. The number of nitrogen functional groups attached to an aromatic ring is 1. The molecule has 0 aliphatic rings. The highest BCUT2D eigenvalue weighted by molar-refractivity contribution is 9.10. The molecule has 7 heterocycles. The van der Waals surface area contributed by atoms with Gasteiger partial charge in [0.25, 0.3) is 11.8 Å². The average Bonchev–Trinajstić information content (AvgIpc) is 1.29. The molecule has 626 valence electrons. The number of nitrogens with zero attached hydrogens (tertiary/aromatic N) is 5. The van der Waals surface area contributed by atoms with Crippen LogP contribution in [0.4, 0.5) is 27.5 Å². The molecule has 14 rings (SSSR count). The van der Waals surface area contributed by atoms with Crippen LogP contribution in [0.5, 0.6) is 0 Å². The molecule has 0 aliphatic carbocycles. The number of benzene rings is 7. The highest BCUT2D eigenvalue weighted by Crippen LogP contribution is 2.35. The smallest absolute Gasteiger partial charge is 0.412 e. The lowest BCUT2D eigenvalue weighted by Gasteiger charge is -2.21. The van der Waals surface area contributed by atoms with Crippen molar-refractivity contribution >= 4 is 152 Å². The number of methoxy groups -OCH3 is 4. The number of rotatable bonds is 28. The van der Waals surface area contributed by atoms with E-state index in [4.69, 9.17) is 44.0 Å². The van der Waals surface area contributed by atoms with Crippen LogP contribution in [0.25, 0.3) is 75.4 Å². The number of thiophene rings is 2. The Labute approximate surface area is 719 Å².